The zero-order valence-corrected chi connectivity index (χ0v) is 8.04. The Morgan fingerprint density at radius 3 is 2.46 bits per heavy atom. The Hall–Kier alpha value is -0.760. The average molecular weight is 252 g/mol. The minimum atomic E-state index is -4.43. The third kappa shape index (κ3) is 2.34. The second kappa shape index (κ2) is 3.54. The van der Waals surface area contributed by atoms with Crippen molar-refractivity contribution in [3.63, 3.8) is 0 Å². The van der Waals surface area contributed by atoms with E-state index >= 15 is 0 Å². The molecular formula is C8H5BrF3N. The van der Waals surface area contributed by atoms with E-state index in [4.69, 9.17) is 5.26 Å². The molecule has 0 atom stereocenters. The van der Waals surface area contributed by atoms with Gasteiger partial charge < -0.3 is 0 Å². The lowest BCUT2D eigenvalue weighted by Crippen LogP contribution is -2.14. The number of rotatable bonds is 0. The van der Waals surface area contributed by atoms with Crippen LogP contribution < -0.4 is 0 Å². The molecule has 1 rings (SSSR count). The van der Waals surface area contributed by atoms with Crippen LogP contribution in [0, 0.1) is 11.3 Å². The maximum atomic E-state index is 12.3. The standard InChI is InChI=1S/C8H5BrF3N/c9-6-2-1-5(4-13)7(3-6)8(10,11)12/h3H,1-2H2. The Kier molecular flexibility index (Phi) is 2.81. The Labute approximate surface area is 81.7 Å². The van der Waals surface area contributed by atoms with E-state index in [1.807, 2.05) is 0 Å². The predicted molar refractivity (Wildman–Crippen MR) is 44.9 cm³/mol. The topological polar surface area (TPSA) is 23.8 Å². The van der Waals surface area contributed by atoms with Crippen LogP contribution in [0.5, 0.6) is 0 Å². The van der Waals surface area contributed by atoms with Crippen molar-refractivity contribution in [2.75, 3.05) is 0 Å². The lowest BCUT2D eigenvalue weighted by Gasteiger charge is -2.15. The van der Waals surface area contributed by atoms with Crippen molar-refractivity contribution in [3.8, 4) is 6.07 Å². The van der Waals surface area contributed by atoms with Crippen molar-refractivity contribution in [2.24, 2.45) is 0 Å². The molecule has 1 aliphatic rings. The van der Waals surface area contributed by atoms with Crippen LogP contribution in [-0.2, 0) is 0 Å². The highest BCUT2D eigenvalue weighted by atomic mass is 79.9. The monoisotopic (exact) mass is 251 g/mol. The van der Waals surface area contributed by atoms with E-state index in [-0.39, 0.29) is 12.0 Å². The molecule has 0 aromatic rings. The van der Waals surface area contributed by atoms with Crippen LogP contribution in [0.15, 0.2) is 21.7 Å². The van der Waals surface area contributed by atoms with Gasteiger partial charge in [0.15, 0.2) is 0 Å². The fourth-order valence-electron chi connectivity index (χ4n) is 1.06. The summed E-state index contributed by atoms with van der Waals surface area (Å²) in [7, 11) is 0. The van der Waals surface area contributed by atoms with Crippen LogP contribution >= 0.6 is 15.9 Å². The van der Waals surface area contributed by atoms with Gasteiger partial charge in [0.2, 0.25) is 0 Å². The van der Waals surface area contributed by atoms with Gasteiger partial charge in [0, 0.05) is 5.57 Å². The maximum absolute atomic E-state index is 12.3. The van der Waals surface area contributed by atoms with E-state index in [9.17, 15) is 13.2 Å². The number of nitrogens with zero attached hydrogens (tertiary/aromatic N) is 1. The van der Waals surface area contributed by atoms with Gasteiger partial charge in [0.1, 0.15) is 0 Å². The summed E-state index contributed by atoms with van der Waals surface area (Å²) in [5, 5.41) is 8.46. The summed E-state index contributed by atoms with van der Waals surface area (Å²) in [6, 6.07) is 1.58. The minimum Gasteiger partial charge on any atom is -0.193 e. The lowest BCUT2D eigenvalue weighted by atomic mass is 9.98. The van der Waals surface area contributed by atoms with Crippen LogP contribution in [0.1, 0.15) is 12.8 Å². The summed E-state index contributed by atoms with van der Waals surface area (Å²) in [6.45, 7) is 0. The fourth-order valence-corrected chi connectivity index (χ4v) is 1.49. The molecule has 0 saturated heterocycles. The molecule has 0 radical (unpaired) electrons. The summed E-state index contributed by atoms with van der Waals surface area (Å²) in [6.07, 6.45) is -2.84. The van der Waals surface area contributed by atoms with Crippen molar-refractivity contribution in [2.45, 2.75) is 19.0 Å². The number of hydrogen-bond acceptors (Lipinski definition) is 1. The summed E-state index contributed by atoms with van der Waals surface area (Å²) in [4.78, 5) is 0. The highest BCUT2D eigenvalue weighted by Crippen LogP contribution is 2.36. The van der Waals surface area contributed by atoms with Crippen LogP contribution in [-0.4, -0.2) is 6.18 Å². The van der Waals surface area contributed by atoms with Crippen molar-refractivity contribution in [1.29, 1.82) is 5.26 Å². The first kappa shape index (κ1) is 10.3. The molecule has 0 aromatic heterocycles. The molecular weight excluding hydrogens is 247 g/mol. The average Bonchev–Trinajstić information content (AvgIpc) is 2.03. The van der Waals surface area contributed by atoms with Gasteiger partial charge in [-0.1, -0.05) is 15.9 Å². The van der Waals surface area contributed by atoms with Gasteiger partial charge in [-0.15, -0.1) is 0 Å². The van der Waals surface area contributed by atoms with Gasteiger partial charge in [-0.05, 0) is 23.4 Å². The van der Waals surface area contributed by atoms with Gasteiger partial charge in [-0.2, -0.15) is 18.4 Å². The van der Waals surface area contributed by atoms with Gasteiger partial charge >= 0.3 is 6.18 Å². The number of allylic oxidation sites excluding steroid dienone is 4. The molecule has 0 aliphatic heterocycles. The Balaban J connectivity index is 3.15. The highest BCUT2D eigenvalue weighted by Gasteiger charge is 2.36. The first-order valence-corrected chi connectivity index (χ1v) is 4.31. The molecule has 13 heavy (non-hydrogen) atoms. The minimum absolute atomic E-state index is 0.155. The van der Waals surface area contributed by atoms with Crippen molar-refractivity contribution >= 4 is 15.9 Å². The van der Waals surface area contributed by atoms with Crippen LogP contribution in [0.3, 0.4) is 0 Å². The molecule has 0 spiro atoms. The van der Waals surface area contributed by atoms with Crippen LogP contribution in [0.4, 0.5) is 13.2 Å². The molecule has 70 valence electrons. The lowest BCUT2D eigenvalue weighted by molar-refractivity contribution is -0.0891. The van der Waals surface area contributed by atoms with Gasteiger partial charge in [0.05, 0.1) is 11.6 Å². The highest BCUT2D eigenvalue weighted by molar-refractivity contribution is 9.11. The smallest absolute Gasteiger partial charge is 0.193 e. The summed E-state index contributed by atoms with van der Waals surface area (Å²) in [5.74, 6) is 0. The molecule has 0 saturated carbocycles. The molecule has 0 amide bonds. The molecule has 1 aliphatic carbocycles. The van der Waals surface area contributed by atoms with E-state index in [2.05, 4.69) is 15.9 Å². The number of alkyl halides is 3. The molecule has 0 N–H and O–H groups in total. The normalized spacial score (nSPS) is 18.2. The maximum Gasteiger partial charge on any atom is 0.417 e. The number of halogens is 4. The molecule has 1 nitrogen and oxygen atoms in total. The van der Waals surface area contributed by atoms with Gasteiger partial charge in [-0.3, -0.25) is 0 Å². The first-order valence-electron chi connectivity index (χ1n) is 3.51. The Bertz CT molecular complexity index is 319. The Morgan fingerprint density at radius 2 is 2.00 bits per heavy atom. The summed E-state index contributed by atoms with van der Waals surface area (Å²) in [5.41, 5.74) is -1.01. The van der Waals surface area contributed by atoms with E-state index in [1.54, 1.807) is 6.07 Å². The first-order chi connectivity index (χ1) is 5.95. The molecule has 0 aromatic carbocycles. The van der Waals surface area contributed by atoms with E-state index in [0.717, 1.165) is 6.08 Å². The zero-order chi connectivity index (χ0) is 10.1. The molecule has 5 heteroatoms. The summed E-state index contributed by atoms with van der Waals surface area (Å²) >= 11 is 3.00. The SMILES string of the molecule is N#CC1=C(C(F)(F)F)C=C(Br)CC1. The number of hydrogen-bond donors (Lipinski definition) is 0. The van der Waals surface area contributed by atoms with Crippen LogP contribution in [0.2, 0.25) is 0 Å². The second-order valence-electron chi connectivity index (χ2n) is 2.59. The fraction of sp³-hybridized carbons (Fsp3) is 0.375. The molecule has 0 bridgehead atoms. The largest absolute Gasteiger partial charge is 0.417 e. The van der Waals surface area contributed by atoms with Crippen molar-refractivity contribution in [1.82, 2.24) is 0 Å². The summed E-state index contributed by atoms with van der Waals surface area (Å²) < 4.78 is 37.3. The van der Waals surface area contributed by atoms with Crippen molar-refractivity contribution in [3.05, 3.63) is 21.7 Å². The third-order valence-electron chi connectivity index (χ3n) is 1.68. The van der Waals surface area contributed by atoms with Crippen molar-refractivity contribution < 1.29 is 13.2 Å². The molecule has 0 fully saturated rings. The zero-order valence-electron chi connectivity index (χ0n) is 6.45. The molecule has 0 heterocycles. The molecule has 0 unspecified atom stereocenters. The third-order valence-corrected chi connectivity index (χ3v) is 2.31. The predicted octanol–water partition coefficient (Wildman–Crippen LogP) is 3.44. The van der Waals surface area contributed by atoms with Gasteiger partial charge in [-0.25, -0.2) is 0 Å². The van der Waals surface area contributed by atoms with Gasteiger partial charge in [0.25, 0.3) is 0 Å². The van der Waals surface area contributed by atoms with Crippen LogP contribution in [0.25, 0.3) is 0 Å². The number of nitriles is 1. The van der Waals surface area contributed by atoms with E-state index in [0.29, 0.717) is 10.9 Å². The quantitative estimate of drug-likeness (QED) is 0.647. The second-order valence-corrected chi connectivity index (χ2v) is 3.61. The van der Waals surface area contributed by atoms with E-state index < -0.39 is 11.7 Å². The van der Waals surface area contributed by atoms with E-state index in [1.165, 1.54) is 0 Å². The Morgan fingerprint density at radius 1 is 1.38 bits per heavy atom.